The van der Waals surface area contributed by atoms with Gasteiger partial charge in [0.15, 0.2) is 6.61 Å². The largest absolute Gasteiger partial charge is 0.483 e. The van der Waals surface area contributed by atoms with E-state index >= 15 is 0 Å². The van der Waals surface area contributed by atoms with Gasteiger partial charge < -0.3 is 4.74 Å². The molecule has 4 nitrogen and oxygen atoms in total. The molecule has 0 aliphatic rings. The number of hydrogen-bond acceptors (Lipinski definition) is 3. The molecule has 0 aliphatic heterocycles. The highest BCUT2D eigenvalue weighted by Gasteiger charge is 2.18. The van der Waals surface area contributed by atoms with Crippen LogP contribution in [0, 0.1) is 0 Å². The highest BCUT2D eigenvalue weighted by atomic mass is 16.5. The summed E-state index contributed by atoms with van der Waals surface area (Å²) in [7, 11) is 0. The average Bonchev–Trinajstić information content (AvgIpc) is 2.66. The molecular weight excluding hydrogens is 336 g/mol. The van der Waals surface area contributed by atoms with E-state index in [0.29, 0.717) is 0 Å². The first kappa shape index (κ1) is 18.6. The summed E-state index contributed by atoms with van der Waals surface area (Å²) in [6.07, 6.45) is 1.66. The lowest BCUT2D eigenvalue weighted by Crippen LogP contribution is -2.25. The monoisotopic (exact) mass is 360 g/mol. The third kappa shape index (κ3) is 4.73. The Morgan fingerprint density at radius 2 is 1.70 bits per heavy atom. The predicted octanol–water partition coefficient (Wildman–Crippen LogP) is 4.67. The molecule has 3 rings (SSSR count). The number of amides is 1. The summed E-state index contributed by atoms with van der Waals surface area (Å²) >= 11 is 0. The Kier molecular flexibility index (Phi) is 5.55. The SMILES string of the molecule is CC(C)(C)c1ccccc1OCC(=O)N/N=C/c1cccc2ccccc12. The molecule has 0 saturated heterocycles. The van der Waals surface area contributed by atoms with Crippen molar-refractivity contribution in [1.29, 1.82) is 0 Å². The van der Waals surface area contributed by atoms with E-state index in [9.17, 15) is 4.79 Å². The number of nitrogens with zero attached hydrogens (tertiary/aromatic N) is 1. The summed E-state index contributed by atoms with van der Waals surface area (Å²) in [5.41, 5.74) is 4.49. The Morgan fingerprint density at radius 1 is 1.00 bits per heavy atom. The standard InChI is InChI=1S/C23H24N2O2/c1-23(2,3)20-13-6-7-14-21(20)27-16-22(26)25-24-15-18-11-8-10-17-9-4-5-12-19(17)18/h4-15H,16H2,1-3H3,(H,25,26)/b24-15+. The van der Waals surface area contributed by atoms with Crippen LogP contribution >= 0.6 is 0 Å². The van der Waals surface area contributed by atoms with Crippen molar-refractivity contribution in [2.75, 3.05) is 6.61 Å². The van der Waals surface area contributed by atoms with E-state index in [1.165, 1.54) is 0 Å². The molecule has 0 spiro atoms. The zero-order valence-electron chi connectivity index (χ0n) is 15.9. The topological polar surface area (TPSA) is 50.7 Å². The number of rotatable bonds is 5. The summed E-state index contributed by atoms with van der Waals surface area (Å²) in [6.45, 7) is 6.26. The number of ether oxygens (including phenoxy) is 1. The number of carbonyl (C=O) groups is 1. The second-order valence-corrected chi connectivity index (χ2v) is 7.40. The van der Waals surface area contributed by atoms with Crippen molar-refractivity contribution >= 4 is 22.9 Å². The van der Waals surface area contributed by atoms with Gasteiger partial charge in [-0.15, -0.1) is 0 Å². The van der Waals surface area contributed by atoms with Gasteiger partial charge in [-0.3, -0.25) is 4.79 Å². The zero-order valence-corrected chi connectivity index (χ0v) is 15.9. The van der Waals surface area contributed by atoms with Crippen LogP contribution in [0.5, 0.6) is 5.75 Å². The number of benzene rings is 3. The van der Waals surface area contributed by atoms with Gasteiger partial charge in [-0.2, -0.15) is 5.10 Å². The lowest BCUT2D eigenvalue weighted by atomic mass is 9.86. The number of carbonyl (C=O) groups excluding carboxylic acids is 1. The van der Waals surface area contributed by atoms with E-state index in [0.717, 1.165) is 27.6 Å². The molecule has 0 saturated carbocycles. The van der Waals surface area contributed by atoms with E-state index < -0.39 is 0 Å². The number of hydrazone groups is 1. The van der Waals surface area contributed by atoms with Crippen molar-refractivity contribution in [2.24, 2.45) is 5.10 Å². The third-order valence-corrected chi connectivity index (χ3v) is 4.27. The Morgan fingerprint density at radius 3 is 2.52 bits per heavy atom. The van der Waals surface area contributed by atoms with Crippen LogP contribution in [0.4, 0.5) is 0 Å². The molecule has 1 N–H and O–H groups in total. The molecule has 0 aromatic heterocycles. The van der Waals surface area contributed by atoms with Crippen molar-refractivity contribution < 1.29 is 9.53 Å². The molecule has 0 unspecified atom stereocenters. The molecule has 4 heteroatoms. The summed E-state index contributed by atoms with van der Waals surface area (Å²) in [5, 5.41) is 6.30. The smallest absolute Gasteiger partial charge is 0.277 e. The van der Waals surface area contributed by atoms with Gasteiger partial charge in [0, 0.05) is 5.56 Å². The molecule has 3 aromatic carbocycles. The lowest BCUT2D eigenvalue weighted by molar-refractivity contribution is -0.123. The third-order valence-electron chi connectivity index (χ3n) is 4.27. The van der Waals surface area contributed by atoms with E-state index in [1.807, 2.05) is 66.7 Å². The quantitative estimate of drug-likeness (QED) is 0.531. The van der Waals surface area contributed by atoms with Crippen LogP contribution in [-0.4, -0.2) is 18.7 Å². The van der Waals surface area contributed by atoms with Crippen LogP contribution in [0.15, 0.2) is 71.8 Å². The molecule has 138 valence electrons. The first-order valence-corrected chi connectivity index (χ1v) is 8.97. The molecule has 0 bridgehead atoms. The van der Waals surface area contributed by atoms with Crippen LogP contribution in [0.1, 0.15) is 31.9 Å². The maximum atomic E-state index is 12.1. The number of hydrogen-bond donors (Lipinski definition) is 1. The van der Waals surface area contributed by atoms with E-state index in [2.05, 4.69) is 31.3 Å². The fourth-order valence-corrected chi connectivity index (χ4v) is 2.92. The minimum atomic E-state index is -0.296. The minimum Gasteiger partial charge on any atom is -0.483 e. The van der Waals surface area contributed by atoms with Crippen LogP contribution in [-0.2, 0) is 10.2 Å². The maximum absolute atomic E-state index is 12.1. The average molecular weight is 360 g/mol. The van der Waals surface area contributed by atoms with Gasteiger partial charge in [0.1, 0.15) is 5.75 Å². The van der Waals surface area contributed by atoms with E-state index in [-0.39, 0.29) is 17.9 Å². The van der Waals surface area contributed by atoms with Gasteiger partial charge in [-0.1, -0.05) is 81.4 Å². The summed E-state index contributed by atoms with van der Waals surface area (Å²) in [4.78, 5) is 12.1. The van der Waals surface area contributed by atoms with Crippen molar-refractivity contribution in [3.05, 3.63) is 77.9 Å². The van der Waals surface area contributed by atoms with Crippen LogP contribution in [0.2, 0.25) is 0 Å². The van der Waals surface area contributed by atoms with Crippen molar-refractivity contribution in [2.45, 2.75) is 26.2 Å². The highest BCUT2D eigenvalue weighted by Crippen LogP contribution is 2.30. The van der Waals surface area contributed by atoms with E-state index in [1.54, 1.807) is 6.21 Å². The van der Waals surface area contributed by atoms with Gasteiger partial charge in [-0.05, 0) is 27.8 Å². The number of para-hydroxylation sites is 1. The molecule has 0 radical (unpaired) electrons. The number of fused-ring (bicyclic) bond motifs is 1. The molecular formula is C23H24N2O2. The molecule has 27 heavy (non-hydrogen) atoms. The fraction of sp³-hybridized carbons (Fsp3) is 0.217. The lowest BCUT2D eigenvalue weighted by Gasteiger charge is -2.22. The Balaban J connectivity index is 1.61. The Labute approximate surface area is 159 Å². The maximum Gasteiger partial charge on any atom is 0.277 e. The first-order chi connectivity index (χ1) is 12.9. The molecule has 1 amide bonds. The summed E-state index contributed by atoms with van der Waals surface area (Å²) in [5.74, 6) is 0.424. The predicted molar refractivity (Wildman–Crippen MR) is 110 cm³/mol. The zero-order chi connectivity index (χ0) is 19.3. The molecule has 3 aromatic rings. The van der Waals surface area contributed by atoms with Crippen molar-refractivity contribution in [3.8, 4) is 5.75 Å². The van der Waals surface area contributed by atoms with Crippen LogP contribution < -0.4 is 10.2 Å². The van der Waals surface area contributed by atoms with Gasteiger partial charge in [-0.25, -0.2) is 5.43 Å². The van der Waals surface area contributed by atoms with Gasteiger partial charge in [0.25, 0.3) is 5.91 Å². The molecule has 0 heterocycles. The summed E-state index contributed by atoms with van der Waals surface area (Å²) in [6, 6.07) is 21.8. The molecule has 0 fully saturated rings. The first-order valence-electron chi connectivity index (χ1n) is 8.97. The van der Waals surface area contributed by atoms with Gasteiger partial charge in [0.2, 0.25) is 0 Å². The van der Waals surface area contributed by atoms with Crippen molar-refractivity contribution in [1.82, 2.24) is 5.43 Å². The second-order valence-electron chi connectivity index (χ2n) is 7.40. The highest BCUT2D eigenvalue weighted by molar-refractivity contribution is 5.99. The van der Waals surface area contributed by atoms with Crippen LogP contribution in [0.25, 0.3) is 10.8 Å². The van der Waals surface area contributed by atoms with Gasteiger partial charge in [0.05, 0.1) is 6.21 Å². The van der Waals surface area contributed by atoms with E-state index in [4.69, 9.17) is 4.74 Å². The minimum absolute atomic E-state index is 0.0560. The van der Waals surface area contributed by atoms with Crippen molar-refractivity contribution in [3.63, 3.8) is 0 Å². The fourth-order valence-electron chi connectivity index (χ4n) is 2.92. The summed E-state index contributed by atoms with van der Waals surface area (Å²) < 4.78 is 5.71. The Hall–Kier alpha value is -3.14. The number of nitrogens with one attached hydrogen (secondary N) is 1. The van der Waals surface area contributed by atoms with Crippen LogP contribution in [0.3, 0.4) is 0 Å². The Bertz CT molecular complexity index is 966. The van der Waals surface area contributed by atoms with Gasteiger partial charge >= 0.3 is 0 Å². The second kappa shape index (κ2) is 8.04. The molecule has 0 atom stereocenters. The normalized spacial score (nSPS) is 11.7. The molecule has 0 aliphatic carbocycles.